The largest absolute Gasteiger partial charge is 0.364 e. The molecule has 0 amide bonds. The summed E-state index contributed by atoms with van der Waals surface area (Å²) in [6.45, 7) is 1.48. The number of aromatic nitrogens is 1. The Balaban J connectivity index is 1.56. The number of piperazine rings is 1. The topological polar surface area (TPSA) is 91.0 Å². The van der Waals surface area contributed by atoms with Gasteiger partial charge in [-0.05, 0) is 18.2 Å². The van der Waals surface area contributed by atoms with Crippen LogP contribution in [0, 0.1) is 11.6 Å². The van der Waals surface area contributed by atoms with Gasteiger partial charge in [0.15, 0.2) is 5.96 Å². The summed E-state index contributed by atoms with van der Waals surface area (Å²) in [6.07, 6.45) is 1.33. The molecule has 0 aliphatic carbocycles. The number of aliphatic imine (C=N–C) groups is 1. The lowest BCUT2D eigenvalue weighted by Gasteiger charge is -2.35. The molecule has 1 saturated heterocycles. The molecule has 1 N–H and O–H groups in total. The molecule has 1 aromatic heterocycles. The molecule has 28 heavy (non-hydrogen) atoms. The van der Waals surface area contributed by atoms with Crippen LogP contribution in [0.15, 0.2) is 40.0 Å². The molecule has 2 aromatic rings. The van der Waals surface area contributed by atoms with Crippen molar-refractivity contribution in [1.29, 1.82) is 0 Å². The molecule has 152 valence electrons. The van der Waals surface area contributed by atoms with E-state index in [9.17, 15) is 17.2 Å². The van der Waals surface area contributed by atoms with Crippen LogP contribution in [0.25, 0.3) is 0 Å². The van der Waals surface area contributed by atoms with Crippen LogP contribution in [-0.4, -0.2) is 62.0 Å². The Labute approximate surface area is 161 Å². The fourth-order valence-electron chi connectivity index (χ4n) is 2.95. The van der Waals surface area contributed by atoms with Crippen LogP contribution in [0.1, 0.15) is 11.3 Å². The van der Waals surface area contributed by atoms with Crippen LogP contribution in [0.4, 0.5) is 8.78 Å². The summed E-state index contributed by atoms with van der Waals surface area (Å²) in [5, 5.41) is 6.63. The predicted octanol–water partition coefficient (Wildman–Crippen LogP) is 1.18. The number of halogens is 2. The minimum Gasteiger partial charge on any atom is -0.364 e. The van der Waals surface area contributed by atoms with Crippen molar-refractivity contribution in [3.8, 4) is 0 Å². The van der Waals surface area contributed by atoms with Crippen LogP contribution in [0.2, 0.25) is 0 Å². The van der Waals surface area contributed by atoms with Crippen molar-refractivity contribution in [2.24, 2.45) is 4.99 Å². The normalized spacial score (nSPS) is 16.4. The lowest BCUT2D eigenvalue weighted by atomic mass is 10.2. The zero-order chi connectivity index (χ0) is 20.1. The zero-order valence-corrected chi connectivity index (χ0v) is 16.1. The quantitative estimate of drug-likeness (QED) is 0.585. The Kier molecular flexibility index (Phi) is 6.25. The van der Waals surface area contributed by atoms with E-state index in [0.29, 0.717) is 24.7 Å². The number of hydrogen-bond acceptors (Lipinski definition) is 5. The maximum Gasteiger partial charge on any atom is 0.220 e. The third-order valence-electron chi connectivity index (χ3n) is 4.41. The van der Waals surface area contributed by atoms with Gasteiger partial charge in [0.25, 0.3) is 0 Å². The summed E-state index contributed by atoms with van der Waals surface area (Å²) in [7, 11) is -1.91. The Bertz CT molecular complexity index is 926. The molecule has 2 heterocycles. The number of nitrogens with zero attached hydrogens (tertiary/aromatic N) is 4. The zero-order valence-electron chi connectivity index (χ0n) is 15.3. The highest BCUT2D eigenvalue weighted by Gasteiger charge is 2.29. The van der Waals surface area contributed by atoms with Crippen LogP contribution < -0.4 is 5.32 Å². The first-order valence-corrected chi connectivity index (χ1v) is 10.3. The second-order valence-corrected chi connectivity index (χ2v) is 8.24. The number of sulfonamides is 1. The van der Waals surface area contributed by atoms with Crippen LogP contribution >= 0.6 is 0 Å². The molecule has 11 heteroatoms. The third kappa shape index (κ3) is 4.84. The number of benzene rings is 1. The number of hydrogen-bond donors (Lipinski definition) is 1. The molecule has 0 unspecified atom stereocenters. The standard InChI is InChI=1S/C17H21F2N5O3S/c1-20-17(21-11-13-10-14(18)2-3-16(13)19)23-5-7-24(8-6-23)28(25,26)12-15-4-9-27-22-15/h2-4,9-10H,5-8,11-12H2,1H3,(H,20,21). The number of guanidine groups is 1. The predicted molar refractivity (Wildman–Crippen MR) is 98.8 cm³/mol. The van der Waals surface area contributed by atoms with E-state index in [1.807, 2.05) is 4.90 Å². The van der Waals surface area contributed by atoms with Gasteiger partial charge in [0.2, 0.25) is 10.0 Å². The minimum atomic E-state index is -3.50. The van der Waals surface area contributed by atoms with E-state index in [4.69, 9.17) is 0 Å². The van der Waals surface area contributed by atoms with Gasteiger partial charge in [-0.15, -0.1) is 0 Å². The highest BCUT2D eigenvalue weighted by atomic mass is 32.2. The molecule has 1 fully saturated rings. The Morgan fingerprint density at radius 3 is 2.64 bits per heavy atom. The van der Waals surface area contributed by atoms with Gasteiger partial charge in [-0.2, -0.15) is 4.31 Å². The second kappa shape index (κ2) is 8.65. The molecule has 1 aliphatic rings. The summed E-state index contributed by atoms with van der Waals surface area (Å²) in [6, 6.07) is 4.79. The smallest absolute Gasteiger partial charge is 0.220 e. The van der Waals surface area contributed by atoms with Crippen molar-refractivity contribution in [1.82, 2.24) is 19.7 Å². The molecule has 8 nitrogen and oxygen atoms in total. The van der Waals surface area contributed by atoms with E-state index < -0.39 is 21.7 Å². The van der Waals surface area contributed by atoms with Crippen molar-refractivity contribution < 1.29 is 21.7 Å². The van der Waals surface area contributed by atoms with Gasteiger partial charge in [-0.1, -0.05) is 5.16 Å². The summed E-state index contributed by atoms with van der Waals surface area (Å²) in [5.41, 5.74) is 0.548. The molecule has 0 saturated carbocycles. The lowest BCUT2D eigenvalue weighted by molar-refractivity contribution is 0.259. The maximum atomic E-state index is 13.8. The van der Waals surface area contributed by atoms with E-state index in [1.54, 1.807) is 7.05 Å². The number of rotatable bonds is 5. The maximum absolute atomic E-state index is 13.8. The van der Waals surface area contributed by atoms with E-state index in [1.165, 1.54) is 16.6 Å². The average Bonchev–Trinajstić information content (AvgIpc) is 3.17. The monoisotopic (exact) mass is 413 g/mol. The average molecular weight is 413 g/mol. The molecule has 1 aromatic carbocycles. The van der Waals surface area contributed by atoms with Crippen molar-refractivity contribution in [3.05, 3.63) is 53.4 Å². The molecular weight excluding hydrogens is 392 g/mol. The van der Waals surface area contributed by atoms with E-state index in [-0.39, 0.29) is 31.0 Å². The van der Waals surface area contributed by atoms with E-state index in [0.717, 1.165) is 18.2 Å². The second-order valence-electron chi connectivity index (χ2n) is 6.27. The molecular formula is C17H21F2N5O3S. The molecule has 1 aliphatic heterocycles. The Hall–Kier alpha value is -2.53. The molecule has 0 spiro atoms. The van der Waals surface area contributed by atoms with Crippen molar-refractivity contribution >= 4 is 16.0 Å². The molecule has 0 radical (unpaired) electrons. The summed E-state index contributed by atoms with van der Waals surface area (Å²) >= 11 is 0. The van der Waals surface area contributed by atoms with Gasteiger partial charge in [0.1, 0.15) is 23.7 Å². The van der Waals surface area contributed by atoms with E-state index >= 15 is 0 Å². The Morgan fingerprint density at radius 2 is 2.00 bits per heavy atom. The molecule has 0 atom stereocenters. The van der Waals surface area contributed by atoms with Crippen molar-refractivity contribution in [2.75, 3.05) is 33.2 Å². The highest BCUT2D eigenvalue weighted by molar-refractivity contribution is 7.88. The lowest BCUT2D eigenvalue weighted by Crippen LogP contribution is -2.53. The summed E-state index contributed by atoms with van der Waals surface area (Å²) < 4.78 is 58.1. The third-order valence-corrected chi connectivity index (χ3v) is 6.22. The molecule has 0 bridgehead atoms. The minimum absolute atomic E-state index is 0.0704. The van der Waals surface area contributed by atoms with Crippen molar-refractivity contribution in [2.45, 2.75) is 12.3 Å². The van der Waals surface area contributed by atoms with Crippen LogP contribution in [0.3, 0.4) is 0 Å². The van der Waals surface area contributed by atoms with Crippen LogP contribution in [0.5, 0.6) is 0 Å². The first-order valence-electron chi connectivity index (χ1n) is 8.65. The molecule has 3 rings (SSSR count). The SMILES string of the molecule is CN=C(NCc1cc(F)ccc1F)N1CCN(S(=O)(=O)Cc2ccon2)CC1. The first kappa shape index (κ1) is 20.2. The highest BCUT2D eigenvalue weighted by Crippen LogP contribution is 2.13. The fourth-order valence-corrected chi connectivity index (χ4v) is 4.38. The van der Waals surface area contributed by atoms with E-state index in [2.05, 4.69) is 20.0 Å². The van der Waals surface area contributed by atoms with Gasteiger partial charge >= 0.3 is 0 Å². The van der Waals surface area contributed by atoms with Gasteiger partial charge in [0, 0.05) is 51.4 Å². The number of nitrogens with one attached hydrogen (secondary N) is 1. The first-order chi connectivity index (χ1) is 13.4. The fraction of sp³-hybridized carbons (Fsp3) is 0.412. The van der Waals surface area contributed by atoms with Crippen LogP contribution in [-0.2, 0) is 22.3 Å². The van der Waals surface area contributed by atoms with Gasteiger partial charge in [0.05, 0.1) is 5.69 Å². The Morgan fingerprint density at radius 1 is 1.25 bits per heavy atom. The van der Waals surface area contributed by atoms with Crippen molar-refractivity contribution in [3.63, 3.8) is 0 Å². The summed E-state index contributed by atoms with van der Waals surface area (Å²) in [4.78, 5) is 6.03. The van der Waals surface area contributed by atoms with Gasteiger partial charge in [-0.3, -0.25) is 4.99 Å². The van der Waals surface area contributed by atoms with Gasteiger partial charge in [-0.25, -0.2) is 17.2 Å². The van der Waals surface area contributed by atoms with Gasteiger partial charge < -0.3 is 14.7 Å². The summed E-state index contributed by atoms with van der Waals surface area (Å²) in [5.74, 6) is -0.737.